The molecule has 0 unspecified atom stereocenters. The van der Waals surface area contributed by atoms with Crippen LogP contribution in [-0.4, -0.2) is 23.5 Å². The van der Waals surface area contributed by atoms with E-state index < -0.39 is 11.4 Å². The van der Waals surface area contributed by atoms with Crippen LogP contribution in [0.5, 0.6) is 0 Å². The van der Waals surface area contributed by atoms with Gasteiger partial charge in [0.25, 0.3) is 0 Å². The summed E-state index contributed by atoms with van der Waals surface area (Å²) < 4.78 is 0. The Morgan fingerprint density at radius 1 is 1.29 bits per heavy atom. The highest BCUT2D eigenvalue weighted by molar-refractivity contribution is 6.29. The molecule has 4 nitrogen and oxygen atoms in total. The van der Waals surface area contributed by atoms with Crippen LogP contribution < -0.4 is 5.32 Å². The van der Waals surface area contributed by atoms with E-state index in [1.165, 1.54) is 0 Å². The predicted molar refractivity (Wildman–Crippen MR) is 65.8 cm³/mol. The maximum atomic E-state index is 11.7. The molecule has 0 spiro atoms. The summed E-state index contributed by atoms with van der Waals surface area (Å²) in [5, 5.41) is 12.2. The molecule has 0 aliphatic heterocycles. The third kappa shape index (κ3) is 4.04. The van der Waals surface area contributed by atoms with Crippen molar-refractivity contribution < 1.29 is 14.7 Å². The van der Waals surface area contributed by atoms with Crippen molar-refractivity contribution >= 4 is 23.5 Å². The van der Waals surface area contributed by atoms with Gasteiger partial charge in [0.15, 0.2) is 0 Å². The first-order valence-electron chi connectivity index (χ1n) is 5.80. The summed E-state index contributed by atoms with van der Waals surface area (Å²) in [5.74, 6) is -1.13. The largest absolute Gasteiger partial charge is 0.481 e. The Hall–Kier alpha value is -1.03. The number of carbonyl (C=O) groups is 2. The molecule has 0 aromatic rings. The van der Waals surface area contributed by atoms with E-state index in [0.29, 0.717) is 17.9 Å². The van der Waals surface area contributed by atoms with Gasteiger partial charge in [0, 0.05) is 11.5 Å². The normalized spacial score (nSPS) is 18.4. The summed E-state index contributed by atoms with van der Waals surface area (Å²) in [5.41, 5.74) is -0.879. The fourth-order valence-electron chi connectivity index (χ4n) is 2.26. The maximum Gasteiger partial charge on any atom is 0.310 e. The highest BCUT2D eigenvalue weighted by Crippen LogP contribution is 2.39. The summed E-state index contributed by atoms with van der Waals surface area (Å²) in [4.78, 5) is 23.0. The molecular weight excluding hydrogens is 242 g/mol. The molecule has 0 heterocycles. The number of hydrogen-bond acceptors (Lipinski definition) is 2. The summed E-state index contributed by atoms with van der Waals surface area (Å²) in [6, 6.07) is 0. The Morgan fingerprint density at radius 2 is 1.88 bits per heavy atom. The van der Waals surface area contributed by atoms with Gasteiger partial charge in [-0.25, -0.2) is 0 Å². The standard InChI is InChI=1S/C12H18ClNO3/c1-9(13)8-14-10(15)7-12(11(16)17)5-3-2-4-6-12/h1-8H2,(H,14,15)(H,16,17). The number of amides is 1. The first-order chi connectivity index (χ1) is 7.96. The molecule has 1 rings (SSSR count). The Bertz CT molecular complexity index is 322. The third-order valence-electron chi connectivity index (χ3n) is 3.24. The summed E-state index contributed by atoms with van der Waals surface area (Å²) in [6.07, 6.45) is 4.00. The van der Waals surface area contributed by atoms with Gasteiger partial charge in [-0.1, -0.05) is 37.4 Å². The fraction of sp³-hybridized carbons (Fsp3) is 0.667. The topological polar surface area (TPSA) is 66.4 Å². The van der Waals surface area contributed by atoms with Crippen molar-refractivity contribution in [2.75, 3.05) is 6.54 Å². The molecule has 1 saturated carbocycles. The van der Waals surface area contributed by atoms with Crippen LogP contribution >= 0.6 is 11.6 Å². The van der Waals surface area contributed by atoms with Gasteiger partial charge < -0.3 is 10.4 Å². The first-order valence-corrected chi connectivity index (χ1v) is 6.17. The van der Waals surface area contributed by atoms with Gasteiger partial charge in [-0.15, -0.1) is 0 Å². The van der Waals surface area contributed by atoms with Crippen LogP contribution in [0.1, 0.15) is 38.5 Å². The van der Waals surface area contributed by atoms with Crippen LogP contribution in [0, 0.1) is 5.41 Å². The molecular formula is C12H18ClNO3. The van der Waals surface area contributed by atoms with Gasteiger partial charge in [-0.2, -0.15) is 0 Å². The van der Waals surface area contributed by atoms with Gasteiger partial charge in [0.05, 0.1) is 12.0 Å². The van der Waals surface area contributed by atoms with E-state index >= 15 is 0 Å². The molecule has 0 bridgehead atoms. The smallest absolute Gasteiger partial charge is 0.310 e. The number of nitrogens with one attached hydrogen (secondary N) is 1. The molecule has 1 amide bonds. The number of rotatable bonds is 5. The average molecular weight is 260 g/mol. The minimum absolute atomic E-state index is 0.0342. The second kappa shape index (κ2) is 6.05. The zero-order valence-corrected chi connectivity index (χ0v) is 10.6. The van der Waals surface area contributed by atoms with Gasteiger partial charge in [-0.3, -0.25) is 9.59 Å². The van der Waals surface area contributed by atoms with Crippen molar-refractivity contribution in [1.29, 1.82) is 0 Å². The minimum Gasteiger partial charge on any atom is -0.481 e. The lowest BCUT2D eigenvalue weighted by molar-refractivity contribution is -0.154. The Balaban J connectivity index is 2.57. The molecule has 0 aromatic heterocycles. The summed E-state index contributed by atoms with van der Waals surface area (Å²) in [6.45, 7) is 3.65. The maximum absolute atomic E-state index is 11.7. The second-order valence-corrected chi connectivity index (χ2v) is 5.15. The summed E-state index contributed by atoms with van der Waals surface area (Å²) in [7, 11) is 0. The van der Waals surface area contributed by atoms with E-state index in [9.17, 15) is 14.7 Å². The lowest BCUT2D eigenvalue weighted by Gasteiger charge is -2.32. The minimum atomic E-state index is -0.879. The molecule has 1 fully saturated rings. The van der Waals surface area contributed by atoms with E-state index in [1.807, 2.05) is 0 Å². The summed E-state index contributed by atoms with van der Waals surface area (Å²) >= 11 is 5.54. The number of carboxylic acids is 1. The SMILES string of the molecule is C=C(Cl)CNC(=O)CC1(C(=O)O)CCCCC1. The van der Waals surface area contributed by atoms with Crippen LogP contribution in [0.3, 0.4) is 0 Å². The van der Waals surface area contributed by atoms with Crippen molar-refractivity contribution in [1.82, 2.24) is 5.32 Å². The van der Waals surface area contributed by atoms with Crippen molar-refractivity contribution in [3.8, 4) is 0 Å². The van der Waals surface area contributed by atoms with Gasteiger partial charge >= 0.3 is 5.97 Å². The van der Waals surface area contributed by atoms with Gasteiger partial charge in [-0.05, 0) is 12.8 Å². The second-order valence-electron chi connectivity index (χ2n) is 4.62. The number of halogens is 1. The van der Waals surface area contributed by atoms with Crippen molar-refractivity contribution in [2.24, 2.45) is 5.41 Å². The quantitative estimate of drug-likeness (QED) is 0.796. The van der Waals surface area contributed by atoms with E-state index in [4.69, 9.17) is 11.6 Å². The molecule has 5 heteroatoms. The lowest BCUT2D eigenvalue weighted by Crippen LogP contribution is -2.39. The van der Waals surface area contributed by atoms with Crippen LogP contribution in [0.4, 0.5) is 0 Å². The van der Waals surface area contributed by atoms with Crippen LogP contribution in [-0.2, 0) is 9.59 Å². The number of carbonyl (C=O) groups excluding carboxylic acids is 1. The Kier molecular flexibility index (Phi) is 5.00. The Morgan fingerprint density at radius 3 is 2.35 bits per heavy atom. The molecule has 0 saturated heterocycles. The van der Waals surface area contributed by atoms with Crippen molar-refractivity contribution in [3.05, 3.63) is 11.6 Å². The van der Waals surface area contributed by atoms with Gasteiger partial charge in [0.2, 0.25) is 5.91 Å². The molecule has 2 N–H and O–H groups in total. The van der Waals surface area contributed by atoms with Crippen LogP contribution in [0.2, 0.25) is 0 Å². The molecule has 0 radical (unpaired) electrons. The molecule has 1 aliphatic rings. The fourth-order valence-corrected chi connectivity index (χ4v) is 2.33. The van der Waals surface area contributed by atoms with Crippen LogP contribution in [0.15, 0.2) is 11.6 Å². The zero-order chi connectivity index (χ0) is 12.9. The van der Waals surface area contributed by atoms with Crippen molar-refractivity contribution in [2.45, 2.75) is 38.5 Å². The first kappa shape index (κ1) is 14.0. The predicted octanol–water partition coefficient (Wildman–Crippen LogP) is 2.28. The number of hydrogen-bond donors (Lipinski definition) is 2. The molecule has 0 atom stereocenters. The zero-order valence-electron chi connectivity index (χ0n) is 9.80. The highest BCUT2D eigenvalue weighted by atomic mass is 35.5. The molecule has 96 valence electrons. The number of aliphatic carboxylic acids is 1. The molecule has 0 aromatic carbocycles. The Labute approximate surface area is 106 Å². The molecule has 17 heavy (non-hydrogen) atoms. The van der Waals surface area contributed by atoms with Crippen molar-refractivity contribution in [3.63, 3.8) is 0 Å². The average Bonchev–Trinajstić information content (AvgIpc) is 2.27. The monoisotopic (exact) mass is 259 g/mol. The number of carboxylic acid groups (broad SMARTS) is 1. The van der Waals surface area contributed by atoms with E-state index in [0.717, 1.165) is 19.3 Å². The van der Waals surface area contributed by atoms with Gasteiger partial charge in [0.1, 0.15) is 0 Å². The van der Waals surface area contributed by atoms with E-state index in [-0.39, 0.29) is 18.9 Å². The van der Waals surface area contributed by atoms with E-state index in [1.54, 1.807) is 0 Å². The lowest BCUT2D eigenvalue weighted by atomic mass is 9.71. The van der Waals surface area contributed by atoms with Crippen LogP contribution in [0.25, 0.3) is 0 Å². The molecule has 1 aliphatic carbocycles. The highest BCUT2D eigenvalue weighted by Gasteiger charge is 2.41. The van der Waals surface area contributed by atoms with E-state index in [2.05, 4.69) is 11.9 Å². The third-order valence-corrected chi connectivity index (χ3v) is 3.37.